The average Bonchev–Trinajstić information content (AvgIpc) is 2.33. The van der Waals surface area contributed by atoms with E-state index in [4.69, 9.17) is 11.6 Å². The lowest BCUT2D eigenvalue weighted by Crippen LogP contribution is -2.46. The number of sulfonamides is 1. The van der Waals surface area contributed by atoms with Crippen molar-refractivity contribution in [1.82, 2.24) is 9.62 Å². The Balaban J connectivity index is 0.00000162. The van der Waals surface area contributed by atoms with Crippen LogP contribution in [-0.2, 0) is 10.0 Å². The Morgan fingerprint density at radius 2 is 1.89 bits per heavy atom. The first kappa shape index (κ1) is 15.7. The molecule has 1 aromatic carbocycles. The first-order chi connectivity index (χ1) is 8.03. The second-order valence-electron chi connectivity index (χ2n) is 3.71. The van der Waals surface area contributed by atoms with E-state index in [9.17, 15) is 12.8 Å². The van der Waals surface area contributed by atoms with Crippen molar-refractivity contribution in [3.8, 4) is 0 Å². The lowest BCUT2D eigenvalue weighted by Gasteiger charge is -2.26. The molecule has 0 bridgehead atoms. The third-order valence-corrected chi connectivity index (χ3v) is 4.82. The highest BCUT2D eigenvalue weighted by atomic mass is 35.5. The van der Waals surface area contributed by atoms with Crippen LogP contribution in [0.1, 0.15) is 0 Å². The molecule has 1 saturated heterocycles. The van der Waals surface area contributed by atoms with Crippen molar-refractivity contribution in [3.05, 3.63) is 29.0 Å². The number of nitrogens with one attached hydrogen (secondary N) is 1. The molecule has 4 nitrogen and oxygen atoms in total. The average molecular weight is 315 g/mol. The number of benzene rings is 1. The Bertz CT molecular complexity index is 519. The first-order valence-electron chi connectivity index (χ1n) is 5.18. The summed E-state index contributed by atoms with van der Waals surface area (Å²) in [5.74, 6) is -0.882. The smallest absolute Gasteiger partial charge is 0.246 e. The number of nitrogens with zero attached hydrogens (tertiary/aromatic N) is 1. The minimum Gasteiger partial charge on any atom is -0.314 e. The Morgan fingerprint density at radius 3 is 2.50 bits per heavy atom. The molecule has 1 N–H and O–H groups in total. The number of hydrogen-bond donors (Lipinski definition) is 1. The summed E-state index contributed by atoms with van der Waals surface area (Å²) < 4.78 is 39.3. The van der Waals surface area contributed by atoms with Crippen molar-refractivity contribution in [3.63, 3.8) is 0 Å². The summed E-state index contributed by atoms with van der Waals surface area (Å²) >= 11 is 5.59. The molecule has 0 spiro atoms. The minimum atomic E-state index is -3.78. The lowest BCUT2D eigenvalue weighted by atomic mass is 10.3. The zero-order chi connectivity index (χ0) is 12.5. The van der Waals surface area contributed by atoms with Crippen molar-refractivity contribution in [2.24, 2.45) is 0 Å². The summed E-state index contributed by atoms with van der Waals surface area (Å²) in [7, 11) is -3.78. The van der Waals surface area contributed by atoms with Gasteiger partial charge in [0.15, 0.2) is 5.82 Å². The van der Waals surface area contributed by atoms with Gasteiger partial charge in [-0.3, -0.25) is 0 Å². The molecule has 1 fully saturated rings. The summed E-state index contributed by atoms with van der Waals surface area (Å²) in [4.78, 5) is -0.355. The fourth-order valence-corrected chi connectivity index (χ4v) is 3.47. The standard InChI is InChI=1S/C10H12ClFN2O2S.ClH/c11-8-2-1-3-9(10(8)12)17(15,16)14-6-4-13-5-7-14;/h1-3,13H,4-7H2;1H. The van der Waals surface area contributed by atoms with E-state index in [1.54, 1.807) is 0 Å². The highest BCUT2D eigenvalue weighted by Gasteiger charge is 2.29. The maximum atomic E-state index is 13.7. The van der Waals surface area contributed by atoms with E-state index in [-0.39, 0.29) is 22.3 Å². The van der Waals surface area contributed by atoms with Gasteiger partial charge in [-0.15, -0.1) is 12.4 Å². The summed E-state index contributed by atoms with van der Waals surface area (Å²) in [5.41, 5.74) is 0. The Morgan fingerprint density at radius 1 is 1.28 bits per heavy atom. The maximum Gasteiger partial charge on any atom is 0.246 e. The molecule has 0 aliphatic carbocycles. The largest absolute Gasteiger partial charge is 0.314 e. The molecule has 8 heteroatoms. The van der Waals surface area contributed by atoms with Gasteiger partial charge in [0.1, 0.15) is 4.90 Å². The van der Waals surface area contributed by atoms with Crippen molar-refractivity contribution in [2.75, 3.05) is 26.2 Å². The third-order valence-electron chi connectivity index (χ3n) is 2.61. The topological polar surface area (TPSA) is 49.4 Å². The third kappa shape index (κ3) is 2.95. The van der Waals surface area contributed by atoms with Gasteiger partial charge < -0.3 is 5.32 Å². The van der Waals surface area contributed by atoms with Crippen LogP contribution in [0.5, 0.6) is 0 Å². The predicted molar refractivity (Wildman–Crippen MR) is 70.3 cm³/mol. The number of hydrogen-bond acceptors (Lipinski definition) is 3. The van der Waals surface area contributed by atoms with Gasteiger partial charge in [0, 0.05) is 26.2 Å². The van der Waals surface area contributed by atoms with Crippen LogP contribution in [0.2, 0.25) is 5.02 Å². The van der Waals surface area contributed by atoms with Crippen molar-refractivity contribution < 1.29 is 12.8 Å². The summed E-state index contributed by atoms with van der Waals surface area (Å²) in [6.45, 7) is 1.82. The SMILES string of the molecule is Cl.O=S(=O)(c1cccc(Cl)c1F)N1CCNCC1. The van der Waals surface area contributed by atoms with Crippen molar-refractivity contribution in [1.29, 1.82) is 0 Å². The molecule has 1 heterocycles. The molecule has 0 radical (unpaired) electrons. The molecular weight excluding hydrogens is 302 g/mol. The van der Waals surface area contributed by atoms with Crippen molar-refractivity contribution >= 4 is 34.0 Å². The van der Waals surface area contributed by atoms with E-state index in [0.717, 1.165) is 0 Å². The molecule has 1 aromatic rings. The molecule has 1 aliphatic heterocycles. The van der Waals surface area contributed by atoms with Crippen LogP contribution in [-0.4, -0.2) is 38.9 Å². The molecule has 102 valence electrons. The zero-order valence-corrected chi connectivity index (χ0v) is 11.8. The van der Waals surface area contributed by atoms with E-state index in [1.807, 2.05) is 0 Å². The highest BCUT2D eigenvalue weighted by Crippen LogP contribution is 2.24. The molecule has 1 aliphatic rings. The fraction of sp³-hybridized carbons (Fsp3) is 0.400. The summed E-state index contributed by atoms with van der Waals surface area (Å²) in [6, 6.07) is 3.99. The molecule has 0 amide bonds. The van der Waals surface area contributed by atoms with Gasteiger partial charge in [-0.25, -0.2) is 12.8 Å². The zero-order valence-electron chi connectivity index (χ0n) is 9.40. The summed E-state index contributed by atoms with van der Waals surface area (Å²) in [6.07, 6.45) is 0. The number of halogens is 3. The van der Waals surface area contributed by atoms with Gasteiger partial charge in [0.2, 0.25) is 10.0 Å². The quantitative estimate of drug-likeness (QED) is 0.900. The normalized spacial score (nSPS) is 17.2. The second-order valence-corrected chi connectivity index (χ2v) is 6.02. The molecule has 0 aromatic heterocycles. The van der Waals surface area contributed by atoms with Crippen LogP contribution in [0.15, 0.2) is 23.1 Å². The van der Waals surface area contributed by atoms with Gasteiger partial charge in [0.05, 0.1) is 5.02 Å². The monoisotopic (exact) mass is 314 g/mol. The Labute approximate surface area is 117 Å². The van der Waals surface area contributed by atoms with Crippen LogP contribution in [0.25, 0.3) is 0 Å². The fourth-order valence-electron chi connectivity index (χ4n) is 1.71. The van der Waals surface area contributed by atoms with Crippen LogP contribution < -0.4 is 5.32 Å². The molecule has 2 rings (SSSR count). The predicted octanol–water partition coefficient (Wildman–Crippen LogP) is 1.49. The Hall–Kier alpha value is -0.400. The van der Waals surface area contributed by atoms with Crippen molar-refractivity contribution in [2.45, 2.75) is 4.90 Å². The van der Waals surface area contributed by atoms with E-state index < -0.39 is 15.8 Å². The lowest BCUT2D eigenvalue weighted by molar-refractivity contribution is 0.358. The maximum absolute atomic E-state index is 13.7. The van der Waals surface area contributed by atoms with Crippen LogP contribution in [0.4, 0.5) is 4.39 Å². The van der Waals surface area contributed by atoms with Crippen LogP contribution in [0.3, 0.4) is 0 Å². The minimum absolute atomic E-state index is 0. The van der Waals surface area contributed by atoms with Crippen LogP contribution >= 0.6 is 24.0 Å². The van der Waals surface area contributed by atoms with E-state index in [0.29, 0.717) is 26.2 Å². The van der Waals surface area contributed by atoms with Gasteiger partial charge in [-0.1, -0.05) is 17.7 Å². The van der Waals surface area contributed by atoms with Gasteiger partial charge in [-0.05, 0) is 12.1 Å². The molecule has 0 saturated carbocycles. The molecular formula is C10H13Cl2FN2O2S. The van der Waals surface area contributed by atoms with Gasteiger partial charge >= 0.3 is 0 Å². The molecule has 18 heavy (non-hydrogen) atoms. The number of rotatable bonds is 2. The van der Waals surface area contributed by atoms with E-state index in [1.165, 1.54) is 22.5 Å². The van der Waals surface area contributed by atoms with Gasteiger partial charge in [0.25, 0.3) is 0 Å². The molecule has 0 atom stereocenters. The van der Waals surface area contributed by atoms with E-state index >= 15 is 0 Å². The molecule has 0 unspecified atom stereocenters. The second kappa shape index (κ2) is 6.16. The number of piperazine rings is 1. The first-order valence-corrected chi connectivity index (χ1v) is 7.00. The van der Waals surface area contributed by atoms with Gasteiger partial charge in [-0.2, -0.15) is 4.31 Å². The van der Waals surface area contributed by atoms with E-state index in [2.05, 4.69) is 5.32 Å². The summed E-state index contributed by atoms with van der Waals surface area (Å²) in [5, 5.41) is 2.86. The van der Waals surface area contributed by atoms with Crippen LogP contribution in [0, 0.1) is 5.82 Å². The highest BCUT2D eigenvalue weighted by molar-refractivity contribution is 7.89. The Kier molecular flexibility index (Phi) is 5.36.